The molecule has 2 rings (SSSR count). The van der Waals surface area contributed by atoms with Crippen molar-refractivity contribution in [1.29, 1.82) is 0 Å². The largest absolute Gasteiger partial charge is 0.380 e. The van der Waals surface area contributed by atoms with Gasteiger partial charge in [0.05, 0.1) is 4.47 Å². The lowest BCUT2D eigenvalue weighted by Crippen LogP contribution is -2.00. The first-order valence-electron chi connectivity index (χ1n) is 5.19. The highest BCUT2D eigenvalue weighted by atomic mass is 79.9. The summed E-state index contributed by atoms with van der Waals surface area (Å²) in [6.45, 7) is 0.633. The second kappa shape index (κ2) is 6.17. The number of benzene rings is 2. The predicted molar refractivity (Wildman–Crippen MR) is 83.3 cm³/mol. The Morgan fingerprint density at radius 3 is 2.44 bits per heavy atom. The molecule has 0 atom stereocenters. The maximum Gasteiger partial charge on any atom is 0.137 e. The molecule has 0 saturated carbocycles. The maximum atomic E-state index is 13.1. The lowest BCUT2D eigenvalue weighted by molar-refractivity contribution is 0.620. The smallest absolute Gasteiger partial charge is 0.137 e. The monoisotopic (exact) mass is 435 g/mol. The maximum absolute atomic E-state index is 13.1. The third kappa shape index (κ3) is 3.56. The van der Waals surface area contributed by atoms with Gasteiger partial charge in [0.25, 0.3) is 0 Å². The van der Waals surface area contributed by atoms with E-state index >= 15 is 0 Å². The average molecular weight is 438 g/mol. The van der Waals surface area contributed by atoms with E-state index in [4.69, 9.17) is 0 Å². The van der Waals surface area contributed by atoms with Crippen molar-refractivity contribution in [3.05, 3.63) is 61.2 Å². The Hall–Kier alpha value is -0.390. The van der Waals surface area contributed by atoms with Crippen LogP contribution >= 0.6 is 47.8 Å². The molecule has 0 saturated heterocycles. The average Bonchev–Trinajstić information content (AvgIpc) is 2.34. The van der Waals surface area contributed by atoms with Crippen LogP contribution in [0.5, 0.6) is 0 Å². The molecule has 0 bridgehead atoms. The van der Waals surface area contributed by atoms with Crippen LogP contribution in [0.15, 0.2) is 49.8 Å². The lowest BCUT2D eigenvalue weighted by atomic mass is 10.2. The molecule has 0 spiro atoms. The number of hydrogen-bond acceptors (Lipinski definition) is 1. The fourth-order valence-electron chi connectivity index (χ4n) is 1.48. The van der Waals surface area contributed by atoms with Crippen molar-refractivity contribution in [3.63, 3.8) is 0 Å². The van der Waals surface area contributed by atoms with Crippen LogP contribution in [0.2, 0.25) is 0 Å². The molecular weight excluding hydrogens is 429 g/mol. The fourth-order valence-corrected chi connectivity index (χ4v) is 2.65. The van der Waals surface area contributed by atoms with Crippen LogP contribution in [-0.2, 0) is 6.54 Å². The topological polar surface area (TPSA) is 12.0 Å². The lowest BCUT2D eigenvalue weighted by Gasteiger charge is -2.09. The quantitative estimate of drug-likeness (QED) is 0.647. The first-order valence-corrected chi connectivity index (χ1v) is 7.57. The van der Waals surface area contributed by atoms with Gasteiger partial charge < -0.3 is 5.32 Å². The molecule has 0 aliphatic heterocycles. The third-order valence-electron chi connectivity index (χ3n) is 2.40. The number of hydrogen-bond donors (Lipinski definition) is 1. The van der Waals surface area contributed by atoms with Crippen molar-refractivity contribution < 1.29 is 4.39 Å². The van der Waals surface area contributed by atoms with Crippen LogP contribution in [0.4, 0.5) is 10.1 Å². The molecule has 0 aliphatic carbocycles. The summed E-state index contributed by atoms with van der Waals surface area (Å²) in [5, 5.41) is 3.30. The van der Waals surface area contributed by atoms with Crippen molar-refractivity contribution in [2.45, 2.75) is 6.54 Å². The minimum atomic E-state index is -0.248. The molecule has 0 aliphatic rings. The van der Waals surface area contributed by atoms with Gasteiger partial charge in [-0.1, -0.05) is 22.0 Å². The van der Waals surface area contributed by atoms with Crippen LogP contribution in [0.1, 0.15) is 5.56 Å². The zero-order valence-corrected chi connectivity index (χ0v) is 13.9. The SMILES string of the molecule is Fc1ccc(CNc2cc(Br)ccc2Br)cc1Br. The van der Waals surface area contributed by atoms with Crippen LogP contribution < -0.4 is 5.32 Å². The summed E-state index contributed by atoms with van der Waals surface area (Å²) in [7, 11) is 0. The molecule has 2 aromatic carbocycles. The van der Waals surface area contributed by atoms with Gasteiger partial charge in [0.2, 0.25) is 0 Å². The molecule has 0 radical (unpaired) electrons. The van der Waals surface area contributed by atoms with Gasteiger partial charge in [-0.25, -0.2) is 4.39 Å². The summed E-state index contributed by atoms with van der Waals surface area (Å²) in [5.74, 6) is -0.248. The van der Waals surface area contributed by atoms with Crippen molar-refractivity contribution in [3.8, 4) is 0 Å². The standard InChI is InChI=1S/C13H9Br3FN/c14-9-2-3-10(15)13(6-9)18-7-8-1-4-12(17)11(16)5-8/h1-6,18H,7H2. The summed E-state index contributed by atoms with van der Waals surface area (Å²) in [6.07, 6.45) is 0. The summed E-state index contributed by atoms with van der Waals surface area (Å²) in [6, 6.07) is 10.9. The molecule has 0 aromatic heterocycles. The van der Waals surface area contributed by atoms with Crippen LogP contribution in [0.25, 0.3) is 0 Å². The van der Waals surface area contributed by atoms with Gasteiger partial charge in [0.1, 0.15) is 5.82 Å². The van der Waals surface area contributed by atoms with E-state index < -0.39 is 0 Å². The highest BCUT2D eigenvalue weighted by Crippen LogP contribution is 2.27. The summed E-state index contributed by atoms with van der Waals surface area (Å²) in [5.41, 5.74) is 2.00. The second-order valence-electron chi connectivity index (χ2n) is 3.73. The van der Waals surface area contributed by atoms with Gasteiger partial charge in [-0.15, -0.1) is 0 Å². The van der Waals surface area contributed by atoms with Gasteiger partial charge in [-0.3, -0.25) is 0 Å². The minimum Gasteiger partial charge on any atom is -0.380 e. The summed E-state index contributed by atoms with van der Waals surface area (Å²) in [4.78, 5) is 0. The van der Waals surface area contributed by atoms with E-state index in [1.807, 2.05) is 18.2 Å². The summed E-state index contributed by atoms with van der Waals surface area (Å²) < 4.78 is 15.6. The molecule has 1 N–H and O–H groups in total. The van der Waals surface area contributed by atoms with Gasteiger partial charge in [-0.2, -0.15) is 0 Å². The Morgan fingerprint density at radius 1 is 0.944 bits per heavy atom. The molecular formula is C13H9Br3FN. The van der Waals surface area contributed by atoms with Crippen LogP contribution in [0.3, 0.4) is 0 Å². The predicted octanol–water partition coefficient (Wildman–Crippen LogP) is 5.73. The number of rotatable bonds is 3. The number of nitrogens with one attached hydrogen (secondary N) is 1. The number of halogens is 4. The fraction of sp³-hybridized carbons (Fsp3) is 0.0769. The number of anilines is 1. The Kier molecular flexibility index (Phi) is 4.81. The van der Waals surface area contributed by atoms with Crippen LogP contribution in [0, 0.1) is 5.82 Å². The molecule has 0 amide bonds. The Balaban J connectivity index is 2.11. The van der Waals surface area contributed by atoms with Gasteiger partial charge in [-0.05, 0) is 67.8 Å². The van der Waals surface area contributed by atoms with E-state index in [2.05, 4.69) is 53.1 Å². The third-order valence-corrected chi connectivity index (χ3v) is 4.19. The van der Waals surface area contributed by atoms with E-state index in [1.165, 1.54) is 6.07 Å². The highest BCUT2D eigenvalue weighted by Gasteiger charge is 2.03. The zero-order valence-electron chi connectivity index (χ0n) is 9.18. The molecule has 0 unspecified atom stereocenters. The summed E-state index contributed by atoms with van der Waals surface area (Å²) >= 11 is 10.1. The molecule has 0 heterocycles. The van der Waals surface area contributed by atoms with Crippen molar-refractivity contribution in [2.75, 3.05) is 5.32 Å². The van der Waals surface area contributed by atoms with Crippen molar-refractivity contribution in [1.82, 2.24) is 0 Å². The normalized spacial score (nSPS) is 10.4. The Labute approximate surface area is 130 Å². The molecule has 94 valence electrons. The molecule has 18 heavy (non-hydrogen) atoms. The van der Waals surface area contributed by atoms with E-state index in [1.54, 1.807) is 12.1 Å². The highest BCUT2D eigenvalue weighted by molar-refractivity contribution is 9.11. The Bertz CT molecular complexity index is 572. The van der Waals surface area contributed by atoms with Gasteiger partial charge in [0.15, 0.2) is 0 Å². The van der Waals surface area contributed by atoms with E-state index in [9.17, 15) is 4.39 Å². The zero-order chi connectivity index (χ0) is 13.1. The first-order chi connectivity index (χ1) is 8.56. The van der Waals surface area contributed by atoms with Crippen LogP contribution in [-0.4, -0.2) is 0 Å². The van der Waals surface area contributed by atoms with Crippen molar-refractivity contribution >= 4 is 53.5 Å². The molecule has 0 fully saturated rings. The minimum absolute atomic E-state index is 0.248. The second-order valence-corrected chi connectivity index (χ2v) is 6.35. The Morgan fingerprint density at radius 2 is 1.72 bits per heavy atom. The van der Waals surface area contributed by atoms with E-state index in [0.29, 0.717) is 11.0 Å². The van der Waals surface area contributed by atoms with E-state index in [-0.39, 0.29) is 5.82 Å². The molecule has 1 nitrogen and oxygen atoms in total. The van der Waals surface area contributed by atoms with Gasteiger partial charge >= 0.3 is 0 Å². The first kappa shape index (κ1) is 14.0. The molecule has 5 heteroatoms. The van der Waals surface area contributed by atoms with Crippen molar-refractivity contribution in [2.24, 2.45) is 0 Å². The van der Waals surface area contributed by atoms with E-state index in [0.717, 1.165) is 20.2 Å². The van der Waals surface area contributed by atoms with Gasteiger partial charge in [0, 0.05) is 21.2 Å². The molecule has 2 aromatic rings.